The fraction of sp³-hybridized carbons (Fsp3) is 0.654. The van der Waals surface area contributed by atoms with Gasteiger partial charge >= 0.3 is 6.09 Å². The van der Waals surface area contributed by atoms with E-state index in [-0.39, 0.29) is 29.7 Å². The summed E-state index contributed by atoms with van der Waals surface area (Å²) >= 11 is 0. The maximum absolute atomic E-state index is 15.7. The quantitative estimate of drug-likeness (QED) is 0.376. The number of H-pyrrole nitrogens is 1. The summed E-state index contributed by atoms with van der Waals surface area (Å²) in [7, 11) is 0. The molecule has 1 unspecified atom stereocenters. The van der Waals surface area contributed by atoms with Crippen molar-refractivity contribution in [2.45, 2.75) is 88.7 Å². The van der Waals surface area contributed by atoms with Crippen LogP contribution in [0.5, 0.6) is 0 Å². The third-order valence-corrected chi connectivity index (χ3v) is 7.08. The van der Waals surface area contributed by atoms with Crippen LogP contribution in [0.1, 0.15) is 76.2 Å². The molecule has 1 aliphatic heterocycles. The zero-order valence-corrected chi connectivity index (χ0v) is 22.2. The van der Waals surface area contributed by atoms with E-state index in [4.69, 9.17) is 4.74 Å². The van der Waals surface area contributed by atoms with E-state index in [0.717, 1.165) is 6.07 Å². The highest BCUT2D eigenvalue weighted by molar-refractivity contribution is 5.87. The molecule has 2 fully saturated rings. The Morgan fingerprint density at radius 2 is 1.75 bits per heavy atom. The van der Waals surface area contributed by atoms with E-state index >= 15 is 4.39 Å². The first-order chi connectivity index (χ1) is 18.4. The lowest BCUT2D eigenvalue weighted by Crippen LogP contribution is -2.59. The van der Waals surface area contributed by atoms with E-state index in [1.54, 1.807) is 20.8 Å². The van der Waals surface area contributed by atoms with Crippen molar-refractivity contribution in [3.05, 3.63) is 29.3 Å². The monoisotopic (exact) mass is 580 g/mol. The molecule has 1 saturated carbocycles. The molecule has 7 nitrogen and oxygen atoms in total. The van der Waals surface area contributed by atoms with Crippen LogP contribution < -0.4 is 5.32 Å². The van der Waals surface area contributed by atoms with Gasteiger partial charge in [0.25, 0.3) is 5.92 Å². The van der Waals surface area contributed by atoms with Gasteiger partial charge in [-0.15, -0.1) is 0 Å². The Bertz CT molecular complexity index is 1240. The molecule has 2 aromatic rings. The van der Waals surface area contributed by atoms with E-state index < -0.39 is 97.5 Å². The molecule has 2 N–H and O–H groups in total. The van der Waals surface area contributed by atoms with Gasteiger partial charge in [0.05, 0.1) is 30.6 Å². The molecule has 0 radical (unpaired) electrons. The van der Waals surface area contributed by atoms with E-state index in [0.29, 0.717) is 4.90 Å². The summed E-state index contributed by atoms with van der Waals surface area (Å²) in [4.78, 5) is 33.2. The van der Waals surface area contributed by atoms with Crippen molar-refractivity contribution in [1.29, 1.82) is 0 Å². The average molecular weight is 581 g/mol. The Hall–Kier alpha value is -3.06. The van der Waals surface area contributed by atoms with Gasteiger partial charge in [-0.25, -0.2) is 40.5 Å². The number of amides is 2. The summed E-state index contributed by atoms with van der Waals surface area (Å²) in [6.45, 7) is 3.03. The molecular formula is C26H31F7N4O3. The molecule has 14 heteroatoms. The van der Waals surface area contributed by atoms with E-state index in [1.807, 2.05) is 0 Å². The predicted octanol–water partition coefficient (Wildman–Crippen LogP) is 6.31. The van der Waals surface area contributed by atoms with Gasteiger partial charge in [-0.3, -0.25) is 4.79 Å². The molecule has 4 rings (SSSR count). The first kappa shape index (κ1) is 29.9. The lowest BCUT2D eigenvalue weighted by molar-refractivity contribution is -0.168. The SMILES string of the molecule is CC(C)(C)OC(=O)N[C@H](c1nc2c(F)c(C(CC(F)F)C(=O)N3CC(F)(F)C3)ccc2[nH]1)C1CCC(F)(F)CC1. The molecule has 2 amide bonds. The molecular weight excluding hydrogens is 549 g/mol. The van der Waals surface area contributed by atoms with Crippen molar-refractivity contribution in [3.8, 4) is 0 Å². The Morgan fingerprint density at radius 1 is 1.12 bits per heavy atom. The summed E-state index contributed by atoms with van der Waals surface area (Å²) in [5.41, 5.74) is -1.52. The van der Waals surface area contributed by atoms with Crippen molar-refractivity contribution >= 4 is 23.0 Å². The van der Waals surface area contributed by atoms with Crippen LogP contribution in [0.15, 0.2) is 12.1 Å². The normalized spacial score (nSPS) is 20.7. The molecule has 2 aliphatic rings. The van der Waals surface area contributed by atoms with Crippen molar-refractivity contribution in [2.75, 3.05) is 13.1 Å². The van der Waals surface area contributed by atoms with Crippen LogP contribution in [0.3, 0.4) is 0 Å². The Balaban J connectivity index is 1.67. The number of aromatic amines is 1. The van der Waals surface area contributed by atoms with Crippen molar-refractivity contribution in [1.82, 2.24) is 20.2 Å². The molecule has 222 valence electrons. The highest BCUT2D eigenvalue weighted by Gasteiger charge is 2.48. The number of hydrogen-bond donors (Lipinski definition) is 2. The topological polar surface area (TPSA) is 87.3 Å². The second-order valence-corrected chi connectivity index (χ2v) is 11.5. The number of alkyl halides is 6. The summed E-state index contributed by atoms with van der Waals surface area (Å²) in [5.74, 6) is -10.3. The van der Waals surface area contributed by atoms with Gasteiger partial charge in [-0.05, 0) is 45.6 Å². The van der Waals surface area contributed by atoms with Gasteiger partial charge in [0.1, 0.15) is 16.9 Å². The van der Waals surface area contributed by atoms with Gasteiger partial charge in [-0.1, -0.05) is 6.07 Å². The number of nitrogens with one attached hydrogen (secondary N) is 2. The Morgan fingerprint density at radius 3 is 2.30 bits per heavy atom. The number of halogens is 7. The summed E-state index contributed by atoms with van der Waals surface area (Å²) in [5, 5.41) is 2.63. The molecule has 2 heterocycles. The van der Waals surface area contributed by atoms with E-state index in [2.05, 4.69) is 15.3 Å². The van der Waals surface area contributed by atoms with Gasteiger partial charge in [-0.2, -0.15) is 0 Å². The number of likely N-dealkylation sites (tertiary alicyclic amines) is 1. The number of benzene rings is 1. The van der Waals surface area contributed by atoms with Gasteiger partial charge in [0.15, 0.2) is 5.82 Å². The van der Waals surface area contributed by atoms with Crippen molar-refractivity contribution < 1.29 is 45.1 Å². The van der Waals surface area contributed by atoms with Gasteiger partial charge in [0.2, 0.25) is 18.3 Å². The van der Waals surface area contributed by atoms with Crippen LogP contribution in [-0.4, -0.2) is 63.8 Å². The van der Waals surface area contributed by atoms with Gasteiger partial charge in [0, 0.05) is 24.8 Å². The van der Waals surface area contributed by atoms with E-state index in [1.165, 1.54) is 6.07 Å². The van der Waals surface area contributed by atoms with Crippen LogP contribution in [0.2, 0.25) is 0 Å². The summed E-state index contributed by atoms with van der Waals surface area (Å²) in [6.07, 6.45) is -5.73. The number of carbonyl (C=O) groups is 2. The summed E-state index contributed by atoms with van der Waals surface area (Å²) in [6, 6.07) is 1.45. The molecule has 1 aliphatic carbocycles. The van der Waals surface area contributed by atoms with Crippen LogP contribution in [0.25, 0.3) is 11.0 Å². The molecule has 1 saturated heterocycles. The largest absolute Gasteiger partial charge is 0.444 e. The second kappa shape index (κ2) is 10.7. The lowest BCUT2D eigenvalue weighted by Gasteiger charge is -2.40. The zero-order valence-electron chi connectivity index (χ0n) is 22.2. The fourth-order valence-corrected chi connectivity index (χ4v) is 5.16. The molecule has 0 bridgehead atoms. The standard InChI is InChI=1S/C26H31F7N4O3/c1-24(2,3)40-23(39)36-19(13-6-8-25(30,31)9-7-13)21-34-16-5-4-14(18(29)20(16)35-21)15(10-17(27)28)22(38)37-11-26(32,33)12-37/h4-5,13,15,17,19H,6-12H2,1-3H3,(H,34,35)(H,36,39)/t15?,19-/m0/s1. The third kappa shape index (κ3) is 6.80. The number of alkyl carbamates (subject to hydrolysis) is 1. The molecule has 1 aromatic carbocycles. The van der Waals surface area contributed by atoms with Crippen LogP contribution in [-0.2, 0) is 9.53 Å². The first-order valence-electron chi connectivity index (χ1n) is 12.9. The molecule has 40 heavy (non-hydrogen) atoms. The molecule has 0 spiro atoms. The second-order valence-electron chi connectivity index (χ2n) is 11.5. The number of nitrogens with zero attached hydrogens (tertiary/aromatic N) is 2. The minimum absolute atomic E-state index is 0.0314. The lowest BCUT2D eigenvalue weighted by atomic mass is 9.81. The number of fused-ring (bicyclic) bond motifs is 1. The van der Waals surface area contributed by atoms with Crippen molar-refractivity contribution in [3.63, 3.8) is 0 Å². The smallest absolute Gasteiger partial charge is 0.408 e. The highest BCUT2D eigenvalue weighted by Crippen LogP contribution is 2.42. The minimum Gasteiger partial charge on any atom is -0.444 e. The summed E-state index contributed by atoms with van der Waals surface area (Å²) < 4.78 is 102. The number of hydrogen-bond acceptors (Lipinski definition) is 4. The van der Waals surface area contributed by atoms with Gasteiger partial charge < -0.3 is 19.9 Å². The maximum Gasteiger partial charge on any atom is 0.408 e. The predicted molar refractivity (Wildman–Crippen MR) is 130 cm³/mol. The maximum atomic E-state index is 15.7. The minimum atomic E-state index is -3.14. The van der Waals surface area contributed by atoms with Crippen molar-refractivity contribution in [2.24, 2.45) is 5.92 Å². The third-order valence-electron chi connectivity index (χ3n) is 7.08. The molecule has 1 aromatic heterocycles. The van der Waals surface area contributed by atoms with Crippen LogP contribution >= 0.6 is 0 Å². The number of ether oxygens (including phenoxy) is 1. The Labute approximate surface area is 225 Å². The van der Waals surface area contributed by atoms with Crippen LogP contribution in [0, 0.1) is 11.7 Å². The zero-order chi connectivity index (χ0) is 29.6. The number of aromatic nitrogens is 2. The number of carbonyl (C=O) groups excluding carboxylic acids is 2. The Kier molecular flexibility index (Phi) is 8.03. The number of rotatable bonds is 7. The molecule has 2 atom stereocenters. The fourth-order valence-electron chi connectivity index (χ4n) is 5.16. The average Bonchev–Trinajstić information content (AvgIpc) is 3.23. The first-order valence-corrected chi connectivity index (χ1v) is 12.9. The highest BCUT2D eigenvalue weighted by atomic mass is 19.3. The number of imidazole rings is 1. The van der Waals surface area contributed by atoms with Crippen LogP contribution in [0.4, 0.5) is 35.5 Å². The van der Waals surface area contributed by atoms with E-state index in [9.17, 15) is 35.9 Å².